The monoisotopic (exact) mass is 255 g/mol. The molecule has 5 heteroatoms. The minimum Gasteiger partial charge on any atom is -0.295 e. The molecular weight excluding hydrogens is 246 g/mol. The summed E-state index contributed by atoms with van der Waals surface area (Å²) in [5, 5.41) is 7.78. The number of rotatable bonds is 1. The van der Waals surface area contributed by atoms with Crippen LogP contribution < -0.4 is 0 Å². The van der Waals surface area contributed by atoms with Gasteiger partial charge in [0.1, 0.15) is 0 Å². The molecule has 2 rings (SSSR count). The molecule has 0 atom stereocenters. The van der Waals surface area contributed by atoms with Gasteiger partial charge in [-0.15, -0.1) is 5.10 Å². The first kappa shape index (κ1) is 9.58. The highest BCUT2D eigenvalue weighted by Crippen LogP contribution is 2.28. The summed E-state index contributed by atoms with van der Waals surface area (Å²) in [7, 11) is 1.83. The molecule has 0 fully saturated rings. The maximum Gasteiger partial charge on any atom is 0.156 e. The van der Waals surface area contributed by atoms with Gasteiger partial charge in [0.25, 0.3) is 0 Å². The zero-order valence-corrected chi connectivity index (χ0v) is 9.41. The van der Waals surface area contributed by atoms with Gasteiger partial charge in [-0.25, -0.2) is 4.68 Å². The number of halogens is 1. The van der Waals surface area contributed by atoms with Crippen molar-refractivity contribution in [1.82, 2.24) is 15.0 Å². The third kappa shape index (κ3) is 1.64. The van der Waals surface area contributed by atoms with Crippen molar-refractivity contribution in [1.29, 1.82) is 0 Å². The van der Waals surface area contributed by atoms with Crippen molar-refractivity contribution in [2.45, 2.75) is 19.3 Å². The highest BCUT2D eigenvalue weighted by atomic mass is 79.9. The fraction of sp³-hybridized carbons (Fsp3) is 0.444. The topological polar surface area (TPSA) is 47.8 Å². The van der Waals surface area contributed by atoms with Crippen molar-refractivity contribution in [3.8, 4) is 0 Å². The first-order valence-electron chi connectivity index (χ1n) is 4.47. The van der Waals surface area contributed by atoms with E-state index >= 15 is 0 Å². The van der Waals surface area contributed by atoms with E-state index in [0.29, 0.717) is 11.0 Å². The molecule has 0 N–H and O–H groups in total. The summed E-state index contributed by atoms with van der Waals surface area (Å²) < 4.78 is 2.40. The van der Waals surface area contributed by atoms with Gasteiger partial charge < -0.3 is 0 Å². The van der Waals surface area contributed by atoms with E-state index in [9.17, 15) is 4.79 Å². The SMILES string of the molecule is Cn1nnc(Br)c1C1=CC(=O)CCC1. The lowest BCUT2D eigenvalue weighted by Gasteiger charge is -2.11. The van der Waals surface area contributed by atoms with Gasteiger partial charge in [-0.2, -0.15) is 0 Å². The predicted molar refractivity (Wildman–Crippen MR) is 55.5 cm³/mol. The van der Waals surface area contributed by atoms with E-state index < -0.39 is 0 Å². The molecule has 0 saturated heterocycles. The Hall–Kier alpha value is -0.970. The summed E-state index contributed by atoms with van der Waals surface area (Å²) in [6, 6.07) is 0. The molecule has 0 saturated carbocycles. The van der Waals surface area contributed by atoms with Crippen LogP contribution in [-0.2, 0) is 11.8 Å². The first-order chi connectivity index (χ1) is 6.68. The van der Waals surface area contributed by atoms with Crippen LogP contribution >= 0.6 is 15.9 Å². The molecule has 1 heterocycles. The lowest BCUT2D eigenvalue weighted by molar-refractivity contribution is -0.114. The molecule has 1 aliphatic carbocycles. The largest absolute Gasteiger partial charge is 0.295 e. The summed E-state index contributed by atoms with van der Waals surface area (Å²) in [6.07, 6.45) is 4.20. The fourth-order valence-corrected chi connectivity index (χ4v) is 2.23. The van der Waals surface area contributed by atoms with Crippen LogP contribution in [0.2, 0.25) is 0 Å². The number of nitrogens with zero attached hydrogens (tertiary/aromatic N) is 3. The standard InChI is InChI=1S/C9H10BrN3O/c1-13-8(9(10)11-12-13)6-3-2-4-7(14)5-6/h5H,2-4H2,1H3. The van der Waals surface area contributed by atoms with Gasteiger partial charge in [-0.05, 0) is 40.4 Å². The van der Waals surface area contributed by atoms with Crippen molar-refractivity contribution in [3.05, 3.63) is 16.4 Å². The molecule has 4 nitrogen and oxygen atoms in total. The Morgan fingerprint density at radius 3 is 2.86 bits per heavy atom. The molecule has 14 heavy (non-hydrogen) atoms. The second kappa shape index (κ2) is 3.65. The summed E-state index contributed by atoms with van der Waals surface area (Å²) in [5.41, 5.74) is 1.94. The van der Waals surface area contributed by atoms with E-state index in [1.54, 1.807) is 10.8 Å². The van der Waals surface area contributed by atoms with Gasteiger partial charge in [0.05, 0.1) is 5.69 Å². The average Bonchev–Trinajstić information content (AvgIpc) is 2.46. The summed E-state index contributed by atoms with van der Waals surface area (Å²) in [4.78, 5) is 11.2. The van der Waals surface area contributed by atoms with E-state index in [1.807, 2.05) is 7.05 Å². The smallest absolute Gasteiger partial charge is 0.156 e. The molecule has 1 aromatic rings. The number of aryl methyl sites for hydroxylation is 1. The van der Waals surface area contributed by atoms with Crippen LogP contribution in [-0.4, -0.2) is 20.8 Å². The van der Waals surface area contributed by atoms with Crippen LogP contribution in [0.15, 0.2) is 10.7 Å². The van der Waals surface area contributed by atoms with Crippen LogP contribution in [0, 0.1) is 0 Å². The Balaban J connectivity index is 2.44. The number of hydrogen-bond acceptors (Lipinski definition) is 3. The van der Waals surface area contributed by atoms with Crippen molar-refractivity contribution in [2.24, 2.45) is 7.05 Å². The summed E-state index contributed by atoms with van der Waals surface area (Å²) >= 11 is 3.33. The summed E-state index contributed by atoms with van der Waals surface area (Å²) in [6.45, 7) is 0. The van der Waals surface area contributed by atoms with Crippen molar-refractivity contribution in [2.75, 3.05) is 0 Å². The third-order valence-electron chi connectivity index (χ3n) is 2.29. The fourth-order valence-electron chi connectivity index (χ4n) is 1.65. The quantitative estimate of drug-likeness (QED) is 0.768. The molecule has 0 spiro atoms. The molecule has 0 radical (unpaired) electrons. The molecule has 1 aliphatic rings. The predicted octanol–water partition coefficient (Wildman–Crippen LogP) is 1.71. The van der Waals surface area contributed by atoms with E-state index in [0.717, 1.165) is 24.1 Å². The normalized spacial score (nSPS) is 17.0. The van der Waals surface area contributed by atoms with Gasteiger partial charge in [-0.1, -0.05) is 5.21 Å². The second-order valence-corrected chi connectivity index (χ2v) is 4.09. The van der Waals surface area contributed by atoms with Crippen LogP contribution in [0.25, 0.3) is 5.57 Å². The number of aromatic nitrogens is 3. The van der Waals surface area contributed by atoms with E-state index in [4.69, 9.17) is 0 Å². The Kier molecular flexibility index (Phi) is 2.50. The molecular formula is C9H10BrN3O. The van der Waals surface area contributed by atoms with Gasteiger partial charge in [0.2, 0.25) is 0 Å². The molecule has 0 aliphatic heterocycles. The van der Waals surface area contributed by atoms with Gasteiger partial charge in [0.15, 0.2) is 10.4 Å². The maximum absolute atomic E-state index is 11.2. The molecule has 1 aromatic heterocycles. The lowest BCUT2D eigenvalue weighted by atomic mass is 9.97. The van der Waals surface area contributed by atoms with E-state index in [2.05, 4.69) is 26.2 Å². The number of allylic oxidation sites excluding steroid dienone is 2. The van der Waals surface area contributed by atoms with Crippen molar-refractivity contribution >= 4 is 27.3 Å². The number of ketones is 1. The van der Waals surface area contributed by atoms with Crippen molar-refractivity contribution in [3.63, 3.8) is 0 Å². The highest BCUT2D eigenvalue weighted by Gasteiger charge is 2.17. The zero-order chi connectivity index (χ0) is 10.1. The van der Waals surface area contributed by atoms with Gasteiger partial charge >= 0.3 is 0 Å². The molecule has 0 aromatic carbocycles. The van der Waals surface area contributed by atoms with Crippen LogP contribution in [0.1, 0.15) is 25.0 Å². The minimum absolute atomic E-state index is 0.194. The van der Waals surface area contributed by atoms with Gasteiger partial charge in [-0.3, -0.25) is 4.79 Å². The van der Waals surface area contributed by atoms with Crippen LogP contribution in [0.3, 0.4) is 0 Å². The molecule has 74 valence electrons. The van der Waals surface area contributed by atoms with Crippen molar-refractivity contribution < 1.29 is 4.79 Å². The Morgan fingerprint density at radius 1 is 1.50 bits per heavy atom. The Bertz CT molecular complexity index is 389. The highest BCUT2D eigenvalue weighted by molar-refractivity contribution is 9.10. The Morgan fingerprint density at radius 2 is 2.29 bits per heavy atom. The van der Waals surface area contributed by atoms with Gasteiger partial charge in [0, 0.05) is 13.5 Å². The lowest BCUT2D eigenvalue weighted by Crippen LogP contribution is -2.06. The number of carbonyl (C=O) groups excluding carboxylic acids is 1. The molecule has 0 unspecified atom stereocenters. The average molecular weight is 256 g/mol. The minimum atomic E-state index is 0.194. The molecule has 0 bridgehead atoms. The summed E-state index contributed by atoms with van der Waals surface area (Å²) in [5.74, 6) is 0.194. The number of hydrogen-bond donors (Lipinski definition) is 0. The van der Waals surface area contributed by atoms with E-state index in [1.165, 1.54) is 0 Å². The van der Waals surface area contributed by atoms with E-state index in [-0.39, 0.29) is 5.78 Å². The maximum atomic E-state index is 11.2. The van der Waals surface area contributed by atoms with Crippen LogP contribution in [0.5, 0.6) is 0 Å². The molecule has 0 amide bonds. The van der Waals surface area contributed by atoms with Crippen LogP contribution in [0.4, 0.5) is 0 Å². The Labute approximate surface area is 90.1 Å². The second-order valence-electron chi connectivity index (χ2n) is 3.34. The zero-order valence-electron chi connectivity index (χ0n) is 7.83. The number of carbonyl (C=O) groups is 1. The third-order valence-corrected chi connectivity index (χ3v) is 2.83. The first-order valence-corrected chi connectivity index (χ1v) is 5.26.